The first-order chi connectivity index (χ1) is 14.6. The molecular weight excluding hydrogens is 392 g/mol. The van der Waals surface area contributed by atoms with Crippen LogP contribution in [0.3, 0.4) is 0 Å². The number of allylic oxidation sites excluding steroid dienone is 7. The van der Waals surface area contributed by atoms with E-state index < -0.39 is 12.1 Å². The van der Waals surface area contributed by atoms with Gasteiger partial charge in [-0.1, -0.05) is 41.9 Å². The van der Waals surface area contributed by atoms with Gasteiger partial charge in [-0.3, -0.25) is 9.59 Å². The molecule has 0 fully saturated rings. The molecule has 0 unspecified atom stereocenters. The molecule has 0 bridgehead atoms. The molecule has 0 aliphatic heterocycles. The third-order valence-electron chi connectivity index (χ3n) is 5.73. The van der Waals surface area contributed by atoms with Gasteiger partial charge in [0.2, 0.25) is 11.5 Å². The zero-order valence-corrected chi connectivity index (χ0v) is 20.5. The number of carbonyl (C=O) groups excluding carboxylic acids is 2. The van der Waals surface area contributed by atoms with Gasteiger partial charge in [-0.25, -0.2) is 0 Å². The Bertz CT molecular complexity index is 750. The van der Waals surface area contributed by atoms with Crippen molar-refractivity contribution in [2.45, 2.75) is 79.8 Å². The predicted octanol–water partition coefficient (Wildman–Crippen LogP) is 6.07. The lowest BCUT2D eigenvalue weighted by atomic mass is 9.77. The first kappa shape index (κ1) is 26.7. The van der Waals surface area contributed by atoms with Gasteiger partial charge < -0.3 is 14.2 Å². The van der Waals surface area contributed by atoms with Crippen LogP contribution in [0.5, 0.6) is 0 Å². The molecule has 1 aliphatic carbocycles. The minimum atomic E-state index is -0.859. The van der Waals surface area contributed by atoms with Crippen molar-refractivity contribution in [1.82, 2.24) is 0 Å². The van der Waals surface area contributed by atoms with Crippen molar-refractivity contribution < 1.29 is 23.8 Å². The lowest BCUT2D eigenvalue weighted by molar-refractivity contribution is -0.159. The van der Waals surface area contributed by atoms with Crippen LogP contribution in [0.15, 0.2) is 46.5 Å². The average Bonchev–Trinajstić information content (AvgIpc) is 2.69. The Morgan fingerprint density at radius 1 is 0.903 bits per heavy atom. The van der Waals surface area contributed by atoms with E-state index in [-0.39, 0.29) is 23.4 Å². The number of hydrogen-bond acceptors (Lipinski definition) is 5. The van der Waals surface area contributed by atoms with Crippen LogP contribution in [0.4, 0.5) is 0 Å². The van der Waals surface area contributed by atoms with Crippen LogP contribution in [-0.4, -0.2) is 32.1 Å². The van der Waals surface area contributed by atoms with Crippen molar-refractivity contribution in [3.63, 3.8) is 0 Å². The molecule has 0 amide bonds. The molecule has 0 N–H and O–H groups in total. The molecule has 0 radical (unpaired) electrons. The van der Waals surface area contributed by atoms with E-state index in [1.807, 2.05) is 6.92 Å². The molecular formula is C26H40O5. The molecule has 0 aromatic heterocycles. The van der Waals surface area contributed by atoms with Gasteiger partial charge in [0.15, 0.2) is 6.10 Å². The topological polar surface area (TPSA) is 61.8 Å². The van der Waals surface area contributed by atoms with Crippen LogP contribution < -0.4 is 0 Å². The Morgan fingerprint density at radius 3 is 2.00 bits per heavy atom. The van der Waals surface area contributed by atoms with Crippen molar-refractivity contribution in [2.24, 2.45) is 11.8 Å². The van der Waals surface area contributed by atoms with Crippen molar-refractivity contribution in [2.75, 3.05) is 14.2 Å². The van der Waals surface area contributed by atoms with Crippen LogP contribution in [-0.2, 0) is 23.8 Å². The summed E-state index contributed by atoms with van der Waals surface area (Å²) in [5.41, 5.74) is 4.03. The molecule has 1 aliphatic rings. The fraction of sp³-hybridized carbons (Fsp3) is 0.615. The number of esters is 1. The lowest BCUT2D eigenvalue weighted by Crippen LogP contribution is -2.43. The number of carbonyl (C=O) groups is 2. The van der Waals surface area contributed by atoms with Gasteiger partial charge in [0.05, 0.1) is 14.2 Å². The summed E-state index contributed by atoms with van der Waals surface area (Å²) in [7, 11) is 2.97. The summed E-state index contributed by atoms with van der Waals surface area (Å²) >= 11 is 0. The van der Waals surface area contributed by atoms with E-state index in [4.69, 9.17) is 14.2 Å². The van der Waals surface area contributed by atoms with Gasteiger partial charge in [0, 0.05) is 18.8 Å². The van der Waals surface area contributed by atoms with E-state index in [1.54, 1.807) is 0 Å². The van der Waals surface area contributed by atoms with E-state index in [1.165, 1.54) is 37.9 Å². The van der Waals surface area contributed by atoms with Gasteiger partial charge in [-0.2, -0.15) is 0 Å². The standard InChI is InChI=1S/C26H40O5/c1-17(2)11-9-12-18(3)13-10-14-19(4)15-16-22-20(5)24(29-7)26(30-8)23(28)25(22)31-21(6)27/h11,13,15,20,22,25H,9-10,12,14,16H2,1-8H3/b18-13+,19-15+/t20-,22-,25-/m1/s1. The van der Waals surface area contributed by atoms with Gasteiger partial charge in [0.25, 0.3) is 0 Å². The highest BCUT2D eigenvalue weighted by Crippen LogP contribution is 2.37. The molecule has 5 nitrogen and oxygen atoms in total. The maximum Gasteiger partial charge on any atom is 0.303 e. The fourth-order valence-corrected chi connectivity index (χ4v) is 3.91. The Balaban J connectivity index is 2.83. The van der Waals surface area contributed by atoms with Crippen LogP contribution in [0.1, 0.15) is 73.6 Å². The van der Waals surface area contributed by atoms with E-state index in [9.17, 15) is 9.59 Å². The Hall–Kier alpha value is -2.30. The van der Waals surface area contributed by atoms with E-state index >= 15 is 0 Å². The molecule has 5 heteroatoms. The molecule has 1 rings (SSSR count). The number of rotatable bonds is 11. The predicted molar refractivity (Wildman–Crippen MR) is 124 cm³/mol. The first-order valence-corrected chi connectivity index (χ1v) is 11.1. The van der Waals surface area contributed by atoms with Crippen LogP contribution in [0.25, 0.3) is 0 Å². The Labute approximate surface area is 188 Å². The molecule has 3 atom stereocenters. The molecule has 174 valence electrons. The quantitative estimate of drug-likeness (QED) is 0.293. The molecule has 31 heavy (non-hydrogen) atoms. The fourth-order valence-electron chi connectivity index (χ4n) is 3.91. The smallest absolute Gasteiger partial charge is 0.303 e. The number of hydrogen-bond donors (Lipinski definition) is 0. The summed E-state index contributed by atoms with van der Waals surface area (Å²) in [5.74, 6) is -0.446. The average molecular weight is 433 g/mol. The SMILES string of the molecule is COC1=C(OC)[C@H](C)[C@@H](C/C=C(\C)CC/C=C(\C)CCC=C(C)C)[C@@H](OC(C)=O)C1=O. The van der Waals surface area contributed by atoms with Crippen molar-refractivity contribution in [3.05, 3.63) is 46.5 Å². The molecule has 0 aromatic carbocycles. The van der Waals surface area contributed by atoms with E-state index in [0.717, 1.165) is 25.7 Å². The van der Waals surface area contributed by atoms with Crippen molar-refractivity contribution >= 4 is 11.8 Å². The zero-order chi connectivity index (χ0) is 23.6. The van der Waals surface area contributed by atoms with Gasteiger partial charge in [-0.05, 0) is 59.8 Å². The summed E-state index contributed by atoms with van der Waals surface area (Å²) in [4.78, 5) is 24.5. The van der Waals surface area contributed by atoms with E-state index in [2.05, 4.69) is 45.9 Å². The number of Topliss-reactive ketones (excluding diaryl/α,β-unsaturated/α-hetero) is 1. The monoisotopic (exact) mass is 432 g/mol. The molecule has 0 saturated carbocycles. The first-order valence-electron chi connectivity index (χ1n) is 11.1. The Morgan fingerprint density at radius 2 is 1.48 bits per heavy atom. The summed E-state index contributed by atoms with van der Waals surface area (Å²) in [6.07, 6.45) is 10.6. The van der Waals surface area contributed by atoms with Gasteiger partial charge >= 0.3 is 5.97 Å². The lowest BCUT2D eigenvalue weighted by Gasteiger charge is -2.35. The highest BCUT2D eigenvalue weighted by Gasteiger charge is 2.45. The van der Waals surface area contributed by atoms with Crippen molar-refractivity contribution in [1.29, 1.82) is 0 Å². The van der Waals surface area contributed by atoms with Gasteiger partial charge in [0.1, 0.15) is 5.76 Å². The number of ether oxygens (including phenoxy) is 3. The highest BCUT2D eigenvalue weighted by molar-refractivity contribution is 5.99. The summed E-state index contributed by atoms with van der Waals surface area (Å²) in [5, 5.41) is 0. The second-order valence-corrected chi connectivity index (χ2v) is 8.64. The van der Waals surface area contributed by atoms with E-state index in [0.29, 0.717) is 12.2 Å². The Kier molecular flexibility index (Phi) is 11.4. The molecule has 0 saturated heterocycles. The third-order valence-corrected chi connectivity index (χ3v) is 5.73. The molecule has 0 heterocycles. The van der Waals surface area contributed by atoms with Crippen LogP contribution in [0, 0.1) is 11.8 Å². The van der Waals surface area contributed by atoms with Crippen LogP contribution in [0.2, 0.25) is 0 Å². The molecule has 0 spiro atoms. The largest absolute Gasteiger partial charge is 0.497 e. The second kappa shape index (κ2) is 13.2. The zero-order valence-electron chi connectivity index (χ0n) is 20.5. The maximum absolute atomic E-state index is 12.9. The van der Waals surface area contributed by atoms with Gasteiger partial charge in [-0.15, -0.1) is 0 Å². The summed E-state index contributed by atoms with van der Waals surface area (Å²) in [6, 6.07) is 0. The number of ketones is 1. The maximum atomic E-state index is 12.9. The summed E-state index contributed by atoms with van der Waals surface area (Å²) < 4.78 is 16.1. The minimum absolute atomic E-state index is 0.108. The third kappa shape index (κ3) is 8.39. The van der Waals surface area contributed by atoms with Crippen LogP contribution >= 0.6 is 0 Å². The van der Waals surface area contributed by atoms with Crippen molar-refractivity contribution in [3.8, 4) is 0 Å². The summed E-state index contributed by atoms with van der Waals surface area (Å²) in [6.45, 7) is 11.8. The second-order valence-electron chi connectivity index (χ2n) is 8.64. The highest BCUT2D eigenvalue weighted by atomic mass is 16.6. The number of methoxy groups -OCH3 is 2. The minimum Gasteiger partial charge on any atom is -0.497 e. The molecule has 0 aromatic rings. The normalized spacial score (nSPS) is 22.3.